The van der Waals surface area contributed by atoms with Crippen LogP contribution in [0.2, 0.25) is 5.02 Å². The number of amides is 1. The molecule has 6 nitrogen and oxygen atoms in total. The Morgan fingerprint density at radius 3 is 2.78 bits per heavy atom. The normalized spacial score (nSPS) is 16.9. The van der Waals surface area contributed by atoms with Crippen LogP contribution in [0, 0.1) is 5.92 Å². The van der Waals surface area contributed by atoms with Gasteiger partial charge in [-0.3, -0.25) is 4.57 Å². The smallest absolute Gasteiger partial charge is 0.410 e. The van der Waals surface area contributed by atoms with Crippen molar-refractivity contribution in [3.8, 4) is 6.01 Å². The van der Waals surface area contributed by atoms with Crippen molar-refractivity contribution in [1.82, 2.24) is 14.5 Å². The fourth-order valence-electron chi connectivity index (χ4n) is 4.02. The first kappa shape index (κ1) is 22.5. The molecule has 1 saturated heterocycles. The minimum absolute atomic E-state index is 0.232. The van der Waals surface area contributed by atoms with Crippen LogP contribution in [0.3, 0.4) is 0 Å². The van der Waals surface area contributed by atoms with Crippen LogP contribution in [0.25, 0.3) is 11.0 Å². The van der Waals surface area contributed by atoms with E-state index in [1.54, 1.807) is 4.90 Å². The van der Waals surface area contributed by atoms with Gasteiger partial charge in [-0.1, -0.05) is 35.9 Å². The second-order valence-corrected chi connectivity index (χ2v) is 9.78. The van der Waals surface area contributed by atoms with Gasteiger partial charge in [0.1, 0.15) is 5.60 Å². The lowest BCUT2D eigenvalue weighted by Crippen LogP contribution is -2.44. The first-order valence-electron chi connectivity index (χ1n) is 11.1. The number of fused-ring (bicyclic) bond motifs is 1. The summed E-state index contributed by atoms with van der Waals surface area (Å²) in [5.74, 6) is 0.232. The predicted molar refractivity (Wildman–Crippen MR) is 126 cm³/mol. The Morgan fingerprint density at radius 2 is 2.00 bits per heavy atom. The third-order valence-electron chi connectivity index (χ3n) is 5.47. The summed E-state index contributed by atoms with van der Waals surface area (Å²) in [5.41, 5.74) is 2.50. The number of nitrogens with zero attached hydrogens (tertiary/aromatic N) is 3. The molecule has 1 amide bonds. The average Bonchev–Trinajstić information content (AvgIpc) is 3.09. The molecule has 0 unspecified atom stereocenters. The molecule has 0 radical (unpaired) electrons. The minimum atomic E-state index is -0.494. The quantitative estimate of drug-likeness (QED) is 0.490. The first-order chi connectivity index (χ1) is 15.3. The number of halogens is 1. The van der Waals surface area contributed by atoms with E-state index in [2.05, 4.69) is 4.57 Å². The highest BCUT2D eigenvalue weighted by atomic mass is 35.5. The Morgan fingerprint density at radius 1 is 1.19 bits per heavy atom. The summed E-state index contributed by atoms with van der Waals surface area (Å²) in [5, 5.41) is 0.707. The number of benzene rings is 2. The van der Waals surface area contributed by atoms with Crippen molar-refractivity contribution in [2.45, 2.75) is 45.8 Å². The van der Waals surface area contributed by atoms with E-state index in [-0.39, 0.29) is 12.0 Å². The van der Waals surface area contributed by atoms with Crippen molar-refractivity contribution in [2.75, 3.05) is 19.7 Å². The molecule has 4 rings (SSSR count). The van der Waals surface area contributed by atoms with E-state index >= 15 is 0 Å². The molecule has 7 heteroatoms. The Kier molecular flexibility index (Phi) is 6.60. The predicted octanol–water partition coefficient (Wildman–Crippen LogP) is 5.76. The van der Waals surface area contributed by atoms with Crippen LogP contribution in [-0.4, -0.2) is 45.8 Å². The second-order valence-electron chi connectivity index (χ2n) is 9.34. The van der Waals surface area contributed by atoms with Gasteiger partial charge in [0, 0.05) is 24.0 Å². The lowest BCUT2D eigenvalue weighted by molar-refractivity contribution is 0.0136. The molecule has 3 aromatic rings. The molecule has 0 spiro atoms. The van der Waals surface area contributed by atoms with Crippen LogP contribution >= 0.6 is 11.6 Å². The van der Waals surface area contributed by atoms with Crippen molar-refractivity contribution in [2.24, 2.45) is 5.92 Å². The first-order valence-corrected chi connectivity index (χ1v) is 11.5. The number of hydrogen-bond acceptors (Lipinski definition) is 4. The van der Waals surface area contributed by atoms with Gasteiger partial charge in [0.05, 0.1) is 24.2 Å². The highest BCUT2D eigenvalue weighted by Gasteiger charge is 2.28. The summed E-state index contributed by atoms with van der Waals surface area (Å²) in [6.07, 6.45) is 1.69. The minimum Gasteiger partial charge on any atom is -0.464 e. The number of likely N-dealkylation sites (tertiary alicyclic amines) is 1. The molecule has 1 aliphatic heterocycles. The second kappa shape index (κ2) is 9.41. The molecule has 0 N–H and O–H groups in total. The van der Waals surface area contributed by atoms with Gasteiger partial charge in [0.25, 0.3) is 6.01 Å². The Bertz CT molecular complexity index is 1090. The average molecular weight is 456 g/mol. The fourth-order valence-corrected chi connectivity index (χ4v) is 4.23. The van der Waals surface area contributed by atoms with Crippen molar-refractivity contribution in [1.29, 1.82) is 0 Å². The van der Waals surface area contributed by atoms with Crippen LogP contribution in [0.15, 0.2) is 48.5 Å². The molecule has 1 aromatic heterocycles. The van der Waals surface area contributed by atoms with Gasteiger partial charge >= 0.3 is 6.09 Å². The van der Waals surface area contributed by atoms with Gasteiger partial charge in [0.2, 0.25) is 0 Å². The fraction of sp³-hybridized carbons (Fsp3) is 0.440. The number of ether oxygens (including phenoxy) is 2. The third kappa shape index (κ3) is 5.54. The molecule has 2 heterocycles. The van der Waals surface area contributed by atoms with E-state index in [9.17, 15) is 4.79 Å². The zero-order valence-corrected chi connectivity index (χ0v) is 19.6. The van der Waals surface area contributed by atoms with Crippen LogP contribution in [-0.2, 0) is 11.3 Å². The lowest BCUT2D eigenvalue weighted by atomic mass is 9.99. The van der Waals surface area contributed by atoms with Crippen molar-refractivity contribution in [3.05, 3.63) is 59.1 Å². The maximum Gasteiger partial charge on any atom is 0.410 e. The molecule has 1 fully saturated rings. The van der Waals surface area contributed by atoms with E-state index in [4.69, 9.17) is 26.1 Å². The summed E-state index contributed by atoms with van der Waals surface area (Å²) in [6, 6.07) is 16.4. The van der Waals surface area contributed by atoms with Crippen LogP contribution in [0.1, 0.15) is 39.2 Å². The molecule has 1 atom stereocenters. The van der Waals surface area contributed by atoms with Crippen LogP contribution in [0.5, 0.6) is 6.01 Å². The van der Waals surface area contributed by atoms with E-state index in [0.29, 0.717) is 30.7 Å². The monoisotopic (exact) mass is 455 g/mol. The molecule has 0 aliphatic carbocycles. The Hall–Kier alpha value is -2.73. The molecule has 1 aliphatic rings. The molecule has 32 heavy (non-hydrogen) atoms. The lowest BCUT2D eigenvalue weighted by Gasteiger charge is -2.33. The van der Waals surface area contributed by atoms with Gasteiger partial charge in [-0.2, -0.15) is 4.98 Å². The topological polar surface area (TPSA) is 56.6 Å². The van der Waals surface area contributed by atoms with Crippen LogP contribution < -0.4 is 4.74 Å². The highest BCUT2D eigenvalue weighted by molar-refractivity contribution is 6.30. The van der Waals surface area contributed by atoms with Crippen molar-refractivity contribution < 1.29 is 14.3 Å². The van der Waals surface area contributed by atoms with Crippen molar-refractivity contribution in [3.63, 3.8) is 0 Å². The standard InChI is InChI=1S/C25H30ClN3O3/c1-25(2,3)32-24(30)28-13-7-9-19(15-28)17-31-23-27-21-11-4-5-12-22(21)29(23)16-18-8-6-10-20(26)14-18/h4-6,8,10-12,14,19H,7,9,13,15-17H2,1-3H3/t19-/m0/s1. The summed E-state index contributed by atoms with van der Waals surface area (Å²) < 4.78 is 13.9. The third-order valence-corrected chi connectivity index (χ3v) is 5.70. The zero-order valence-electron chi connectivity index (χ0n) is 18.9. The van der Waals surface area contributed by atoms with Crippen LogP contribution in [0.4, 0.5) is 4.79 Å². The number of piperidine rings is 1. The van der Waals surface area contributed by atoms with Gasteiger partial charge < -0.3 is 14.4 Å². The molecule has 170 valence electrons. The molecular formula is C25H30ClN3O3. The van der Waals surface area contributed by atoms with E-state index < -0.39 is 5.60 Å². The molecule has 0 saturated carbocycles. The van der Waals surface area contributed by atoms with Gasteiger partial charge in [-0.15, -0.1) is 0 Å². The number of aromatic nitrogens is 2. The van der Waals surface area contributed by atoms with Gasteiger partial charge in [-0.05, 0) is 63.4 Å². The number of carbonyl (C=O) groups excluding carboxylic acids is 1. The van der Waals surface area contributed by atoms with E-state index in [1.165, 1.54) is 0 Å². The Labute approximate surface area is 194 Å². The molecule has 2 aromatic carbocycles. The van der Waals surface area contributed by atoms with Gasteiger partial charge in [-0.25, -0.2) is 4.79 Å². The van der Waals surface area contributed by atoms with Gasteiger partial charge in [0.15, 0.2) is 0 Å². The maximum absolute atomic E-state index is 12.5. The molecular weight excluding hydrogens is 426 g/mol. The Balaban J connectivity index is 1.47. The van der Waals surface area contributed by atoms with Crippen molar-refractivity contribution >= 4 is 28.7 Å². The number of carbonyl (C=O) groups is 1. The number of hydrogen-bond donors (Lipinski definition) is 0. The number of para-hydroxylation sites is 2. The highest BCUT2D eigenvalue weighted by Crippen LogP contribution is 2.26. The largest absolute Gasteiger partial charge is 0.464 e. The molecule has 0 bridgehead atoms. The summed E-state index contributed by atoms with van der Waals surface area (Å²) in [6.45, 7) is 8.13. The SMILES string of the molecule is CC(C)(C)OC(=O)N1CCC[C@H](COc2nc3ccccc3n2Cc2cccc(Cl)c2)C1. The van der Waals surface area contributed by atoms with E-state index in [0.717, 1.165) is 36.0 Å². The maximum atomic E-state index is 12.5. The number of rotatable bonds is 5. The zero-order chi connectivity index (χ0) is 22.7. The summed E-state index contributed by atoms with van der Waals surface area (Å²) in [7, 11) is 0. The summed E-state index contributed by atoms with van der Waals surface area (Å²) in [4.78, 5) is 19.0. The number of imidazole rings is 1. The van der Waals surface area contributed by atoms with E-state index in [1.807, 2.05) is 69.3 Å². The summed E-state index contributed by atoms with van der Waals surface area (Å²) >= 11 is 6.19.